The molecule has 2 nitrogen and oxygen atoms in total. The van der Waals surface area contributed by atoms with Crippen LogP contribution in [-0.2, 0) is 6.61 Å². The summed E-state index contributed by atoms with van der Waals surface area (Å²) in [5.74, 6) is 0.966. The average Bonchev–Trinajstić information content (AvgIpc) is 2.45. The number of hydrogen-bond acceptors (Lipinski definition) is 2. The zero-order chi connectivity index (χ0) is 16.3. The fourth-order valence-corrected chi connectivity index (χ4v) is 2.62. The van der Waals surface area contributed by atoms with Gasteiger partial charge in [-0.25, -0.2) is 0 Å². The molecule has 23 heavy (non-hydrogen) atoms. The predicted molar refractivity (Wildman–Crippen MR) is 100 cm³/mol. The molecule has 0 saturated carbocycles. The second kappa shape index (κ2) is 7.85. The summed E-state index contributed by atoms with van der Waals surface area (Å²) in [7, 11) is 0. The Labute approximate surface area is 146 Å². The van der Waals surface area contributed by atoms with E-state index in [0.717, 1.165) is 16.9 Å². The van der Waals surface area contributed by atoms with Gasteiger partial charge < -0.3 is 10.5 Å². The Morgan fingerprint density at radius 1 is 1.00 bits per heavy atom. The van der Waals surface area contributed by atoms with E-state index in [1.54, 1.807) is 0 Å². The van der Waals surface area contributed by atoms with Crippen molar-refractivity contribution in [3.63, 3.8) is 0 Å². The second-order valence-corrected chi connectivity index (χ2v) is 7.10. The van der Waals surface area contributed by atoms with Crippen molar-refractivity contribution in [2.75, 3.05) is 0 Å². The van der Waals surface area contributed by atoms with E-state index in [1.807, 2.05) is 18.2 Å². The molecule has 3 heteroatoms. The van der Waals surface area contributed by atoms with Crippen molar-refractivity contribution < 1.29 is 4.74 Å². The molecule has 1 atom stereocenters. The molecule has 0 radical (unpaired) electrons. The van der Waals surface area contributed by atoms with Crippen molar-refractivity contribution in [2.24, 2.45) is 11.1 Å². The van der Waals surface area contributed by atoms with E-state index >= 15 is 0 Å². The fourth-order valence-electron chi connectivity index (χ4n) is 2.62. The maximum Gasteiger partial charge on any atom is 0.125 e. The van der Waals surface area contributed by atoms with E-state index in [-0.39, 0.29) is 23.9 Å². The molecule has 2 rings (SSSR count). The molecule has 0 amide bonds. The Hall–Kier alpha value is -1.51. The first-order valence-electron chi connectivity index (χ1n) is 7.82. The molecule has 0 fully saturated rings. The Kier molecular flexibility index (Phi) is 6.67. The highest BCUT2D eigenvalue weighted by Gasteiger charge is 2.23. The lowest BCUT2D eigenvalue weighted by atomic mass is 9.82. The van der Waals surface area contributed by atoms with Crippen LogP contribution in [0.25, 0.3) is 0 Å². The quantitative estimate of drug-likeness (QED) is 0.818. The Morgan fingerprint density at radius 3 is 2.00 bits per heavy atom. The van der Waals surface area contributed by atoms with Gasteiger partial charge in [-0.2, -0.15) is 0 Å². The number of halogens is 1. The fraction of sp³-hybridized carbons (Fsp3) is 0.400. The number of hydrogen-bond donors (Lipinski definition) is 1. The van der Waals surface area contributed by atoms with Crippen LogP contribution in [0, 0.1) is 19.3 Å². The Balaban J connectivity index is 0.00000264. The number of benzene rings is 2. The van der Waals surface area contributed by atoms with Gasteiger partial charge >= 0.3 is 0 Å². The molecule has 2 N–H and O–H groups in total. The summed E-state index contributed by atoms with van der Waals surface area (Å²) >= 11 is 0. The van der Waals surface area contributed by atoms with Gasteiger partial charge in [0.1, 0.15) is 12.4 Å². The number of rotatable bonds is 4. The van der Waals surface area contributed by atoms with E-state index in [4.69, 9.17) is 10.5 Å². The molecule has 0 aliphatic carbocycles. The average molecular weight is 334 g/mol. The standard InChI is InChI=1S/C20H27NO.ClH/c1-14-11-17(19(21)20(3,4)5)12-15(2)18(14)22-13-16-9-7-6-8-10-16;/h6-12,19H,13,21H2,1-5H3;1H/t19-;/m0./s1. The molecular weight excluding hydrogens is 306 g/mol. The minimum absolute atomic E-state index is 0. The normalized spacial score (nSPS) is 12.4. The first-order chi connectivity index (χ1) is 10.3. The highest BCUT2D eigenvalue weighted by Crippen LogP contribution is 2.34. The van der Waals surface area contributed by atoms with Crippen LogP contribution in [0.1, 0.15) is 49.1 Å². The first kappa shape index (κ1) is 19.5. The van der Waals surface area contributed by atoms with E-state index in [0.29, 0.717) is 6.61 Å². The van der Waals surface area contributed by atoms with E-state index in [1.165, 1.54) is 11.1 Å². The van der Waals surface area contributed by atoms with Gasteiger partial charge in [-0.3, -0.25) is 0 Å². The van der Waals surface area contributed by atoms with Gasteiger partial charge in [-0.05, 0) is 41.5 Å². The molecule has 0 aromatic heterocycles. The Morgan fingerprint density at radius 2 is 1.52 bits per heavy atom. The molecule has 0 bridgehead atoms. The van der Waals surface area contributed by atoms with Crippen LogP contribution < -0.4 is 10.5 Å². The van der Waals surface area contributed by atoms with Gasteiger partial charge in [0.25, 0.3) is 0 Å². The maximum absolute atomic E-state index is 6.38. The monoisotopic (exact) mass is 333 g/mol. The lowest BCUT2D eigenvalue weighted by Gasteiger charge is -2.28. The Bertz CT molecular complexity index is 609. The summed E-state index contributed by atoms with van der Waals surface area (Å²) in [6.45, 7) is 11.3. The van der Waals surface area contributed by atoms with Crippen LogP contribution in [0.15, 0.2) is 42.5 Å². The molecule has 0 unspecified atom stereocenters. The van der Waals surface area contributed by atoms with Gasteiger partial charge in [0, 0.05) is 6.04 Å². The zero-order valence-corrected chi connectivity index (χ0v) is 15.5. The highest BCUT2D eigenvalue weighted by atomic mass is 35.5. The first-order valence-corrected chi connectivity index (χ1v) is 7.82. The van der Waals surface area contributed by atoms with Gasteiger partial charge in [0.15, 0.2) is 0 Å². The summed E-state index contributed by atoms with van der Waals surface area (Å²) in [4.78, 5) is 0. The van der Waals surface area contributed by atoms with Gasteiger partial charge in [0.2, 0.25) is 0 Å². The van der Waals surface area contributed by atoms with E-state index in [9.17, 15) is 0 Å². The van der Waals surface area contributed by atoms with E-state index in [2.05, 4.69) is 58.9 Å². The van der Waals surface area contributed by atoms with Crippen LogP contribution in [-0.4, -0.2) is 0 Å². The molecule has 126 valence electrons. The molecular formula is C20H28ClNO. The molecule has 0 aliphatic heterocycles. The predicted octanol–water partition coefficient (Wildman–Crippen LogP) is 5.35. The molecule has 0 aliphatic rings. The van der Waals surface area contributed by atoms with Crippen molar-refractivity contribution in [3.05, 3.63) is 64.7 Å². The van der Waals surface area contributed by atoms with E-state index < -0.39 is 0 Å². The molecule has 2 aromatic carbocycles. The largest absolute Gasteiger partial charge is 0.488 e. The van der Waals surface area contributed by atoms with Gasteiger partial charge in [0.05, 0.1) is 0 Å². The number of aryl methyl sites for hydroxylation is 2. The molecule has 0 heterocycles. The highest BCUT2D eigenvalue weighted by molar-refractivity contribution is 5.85. The topological polar surface area (TPSA) is 35.2 Å². The minimum Gasteiger partial charge on any atom is -0.488 e. The van der Waals surface area contributed by atoms with Crippen LogP contribution in [0.2, 0.25) is 0 Å². The summed E-state index contributed by atoms with van der Waals surface area (Å²) in [6, 6.07) is 14.6. The van der Waals surface area contributed by atoms with Crippen LogP contribution in [0.4, 0.5) is 0 Å². The third-order valence-corrected chi connectivity index (χ3v) is 4.00. The number of ether oxygens (including phenoxy) is 1. The second-order valence-electron chi connectivity index (χ2n) is 7.10. The summed E-state index contributed by atoms with van der Waals surface area (Å²) < 4.78 is 6.03. The van der Waals surface area contributed by atoms with Crippen molar-refractivity contribution in [1.82, 2.24) is 0 Å². The molecule has 2 aromatic rings. The minimum atomic E-state index is 0. The summed E-state index contributed by atoms with van der Waals surface area (Å²) in [5.41, 5.74) is 11.1. The SMILES string of the molecule is Cc1cc([C@H](N)C(C)(C)C)cc(C)c1OCc1ccccc1.Cl. The van der Waals surface area contributed by atoms with Crippen molar-refractivity contribution >= 4 is 12.4 Å². The van der Waals surface area contributed by atoms with Crippen molar-refractivity contribution in [2.45, 2.75) is 47.3 Å². The van der Waals surface area contributed by atoms with Crippen molar-refractivity contribution in [3.8, 4) is 5.75 Å². The third-order valence-electron chi connectivity index (χ3n) is 4.00. The number of nitrogens with two attached hydrogens (primary N) is 1. The molecule has 0 spiro atoms. The lowest BCUT2D eigenvalue weighted by molar-refractivity contribution is 0.300. The zero-order valence-electron chi connectivity index (χ0n) is 14.7. The lowest BCUT2D eigenvalue weighted by Crippen LogP contribution is -2.26. The third kappa shape index (κ3) is 4.98. The van der Waals surface area contributed by atoms with Gasteiger partial charge in [-0.1, -0.05) is 63.2 Å². The van der Waals surface area contributed by atoms with Gasteiger partial charge in [-0.15, -0.1) is 12.4 Å². The summed E-state index contributed by atoms with van der Waals surface area (Å²) in [6.07, 6.45) is 0. The van der Waals surface area contributed by atoms with Crippen LogP contribution in [0.3, 0.4) is 0 Å². The molecule has 0 saturated heterocycles. The smallest absolute Gasteiger partial charge is 0.125 e. The summed E-state index contributed by atoms with van der Waals surface area (Å²) in [5, 5.41) is 0. The van der Waals surface area contributed by atoms with Crippen LogP contribution in [0.5, 0.6) is 5.75 Å². The maximum atomic E-state index is 6.38. The van der Waals surface area contributed by atoms with Crippen LogP contribution >= 0.6 is 12.4 Å². The van der Waals surface area contributed by atoms with Crippen molar-refractivity contribution in [1.29, 1.82) is 0 Å².